The maximum absolute atomic E-state index is 11.7. The molecule has 0 saturated carbocycles. The number of hydrogen-bond acceptors (Lipinski definition) is 2. The number of aromatic nitrogens is 1. The third kappa shape index (κ3) is 4.68. The summed E-state index contributed by atoms with van der Waals surface area (Å²) in [7, 11) is 0. The van der Waals surface area contributed by atoms with E-state index >= 15 is 0 Å². The summed E-state index contributed by atoms with van der Waals surface area (Å²) in [5.41, 5.74) is 1.85. The molecule has 92 valence electrons. The number of rotatable bonds is 5. The van der Waals surface area contributed by atoms with Gasteiger partial charge in [0.15, 0.2) is 0 Å². The zero-order valence-electron chi connectivity index (χ0n) is 10.4. The second-order valence-electron chi connectivity index (χ2n) is 3.90. The summed E-state index contributed by atoms with van der Waals surface area (Å²) in [5.74, 6) is 0. The predicted molar refractivity (Wildman–Crippen MR) is 68.5 cm³/mol. The average molecular weight is 233 g/mol. The lowest BCUT2D eigenvalue weighted by Crippen LogP contribution is -2.40. The SMILES string of the molecule is C=C(C)NC(=O)N(CC)CCc1ccncc1. The zero-order valence-corrected chi connectivity index (χ0v) is 10.4. The maximum atomic E-state index is 11.7. The molecule has 0 bridgehead atoms. The molecule has 4 nitrogen and oxygen atoms in total. The van der Waals surface area contributed by atoms with Crippen LogP contribution in [0.15, 0.2) is 36.8 Å². The molecular formula is C13H19N3O. The highest BCUT2D eigenvalue weighted by atomic mass is 16.2. The Morgan fingerprint density at radius 2 is 2.12 bits per heavy atom. The monoisotopic (exact) mass is 233 g/mol. The molecule has 4 heteroatoms. The lowest BCUT2D eigenvalue weighted by Gasteiger charge is -2.21. The van der Waals surface area contributed by atoms with Crippen LogP contribution in [-0.4, -0.2) is 29.0 Å². The van der Waals surface area contributed by atoms with E-state index in [1.807, 2.05) is 19.1 Å². The molecule has 1 heterocycles. The summed E-state index contributed by atoms with van der Waals surface area (Å²) in [6.45, 7) is 8.78. The van der Waals surface area contributed by atoms with Gasteiger partial charge in [0.05, 0.1) is 0 Å². The van der Waals surface area contributed by atoms with Crippen LogP contribution in [0.4, 0.5) is 4.79 Å². The van der Waals surface area contributed by atoms with Gasteiger partial charge in [-0.2, -0.15) is 0 Å². The van der Waals surface area contributed by atoms with Crippen LogP contribution in [0.1, 0.15) is 19.4 Å². The first-order chi connectivity index (χ1) is 8.13. The molecule has 0 aliphatic heterocycles. The Morgan fingerprint density at radius 1 is 1.47 bits per heavy atom. The van der Waals surface area contributed by atoms with E-state index in [9.17, 15) is 4.79 Å². The van der Waals surface area contributed by atoms with Crippen molar-refractivity contribution in [1.82, 2.24) is 15.2 Å². The Hall–Kier alpha value is -1.84. The lowest BCUT2D eigenvalue weighted by atomic mass is 10.2. The fourth-order valence-corrected chi connectivity index (χ4v) is 1.48. The van der Waals surface area contributed by atoms with Gasteiger partial charge in [0.2, 0.25) is 0 Å². The third-order valence-corrected chi connectivity index (χ3v) is 2.41. The van der Waals surface area contributed by atoms with E-state index in [0.29, 0.717) is 18.8 Å². The van der Waals surface area contributed by atoms with Gasteiger partial charge in [-0.15, -0.1) is 0 Å². The molecule has 1 aromatic rings. The molecule has 1 N–H and O–H groups in total. The van der Waals surface area contributed by atoms with Gasteiger partial charge in [0, 0.05) is 31.2 Å². The Labute approximate surface area is 102 Å². The molecule has 17 heavy (non-hydrogen) atoms. The lowest BCUT2D eigenvalue weighted by molar-refractivity contribution is 0.204. The zero-order chi connectivity index (χ0) is 12.7. The topological polar surface area (TPSA) is 45.2 Å². The van der Waals surface area contributed by atoms with Gasteiger partial charge < -0.3 is 10.2 Å². The highest BCUT2D eigenvalue weighted by Crippen LogP contribution is 2.00. The van der Waals surface area contributed by atoms with E-state index < -0.39 is 0 Å². The standard InChI is InChI=1S/C13H19N3O/c1-4-16(13(17)15-11(2)3)10-7-12-5-8-14-9-6-12/h5-6,8-9H,2,4,7,10H2,1,3H3,(H,15,17). The summed E-state index contributed by atoms with van der Waals surface area (Å²) in [4.78, 5) is 17.5. The van der Waals surface area contributed by atoms with Crippen molar-refractivity contribution < 1.29 is 4.79 Å². The van der Waals surface area contributed by atoms with Crippen molar-refractivity contribution in [2.75, 3.05) is 13.1 Å². The molecule has 0 aliphatic rings. The molecule has 1 rings (SSSR count). The van der Waals surface area contributed by atoms with Crippen LogP contribution >= 0.6 is 0 Å². The fourth-order valence-electron chi connectivity index (χ4n) is 1.48. The Kier molecular flexibility index (Phi) is 5.20. The molecule has 0 spiro atoms. The number of likely N-dealkylation sites (N-methyl/N-ethyl adjacent to an activating group) is 1. The summed E-state index contributed by atoms with van der Waals surface area (Å²) >= 11 is 0. The van der Waals surface area contributed by atoms with Crippen molar-refractivity contribution in [2.24, 2.45) is 0 Å². The molecule has 0 aromatic carbocycles. The minimum Gasteiger partial charge on any atom is -0.324 e. The summed E-state index contributed by atoms with van der Waals surface area (Å²) in [5, 5.41) is 2.71. The Morgan fingerprint density at radius 3 is 2.65 bits per heavy atom. The van der Waals surface area contributed by atoms with Gasteiger partial charge in [-0.25, -0.2) is 4.79 Å². The van der Waals surface area contributed by atoms with E-state index in [0.717, 1.165) is 6.42 Å². The molecule has 0 atom stereocenters. The number of carbonyl (C=O) groups is 1. The van der Waals surface area contributed by atoms with Crippen LogP contribution in [0.2, 0.25) is 0 Å². The van der Waals surface area contributed by atoms with Crippen LogP contribution < -0.4 is 5.32 Å². The normalized spacial score (nSPS) is 9.76. The molecule has 1 aromatic heterocycles. The number of pyridine rings is 1. The molecule has 0 fully saturated rings. The van der Waals surface area contributed by atoms with Crippen molar-refractivity contribution in [2.45, 2.75) is 20.3 Å². The smallest absolute Gasteiger partial charge is 0.321 e. The summed E-state index contributed by atoms with van der Waals surface area (Å²) < 4.78 is 0. The number of nitrogens with one attached hydrogen (secondary N) is 1. The van der Waals surface area contributed by atoms with E-state index in [-0.39, 0.29) is 6.03 Å². The van der Waals surface area contributed by atoms with Crippen molar-refractivity contribution in [3.05, 3.63) is 42.4 Å². The fraction of sp³-hybridized carbons (Fsp3) is 0.385. The number of amides is 2. The molecule has 0 aliphatic carbocycles. The van der Waals surface area contributed by atoms with Crippen molar-refractivity contribution in [3.8, 4) is 0 Å². The summed E-state index contributed by atoms with van der Waals surface area (Å²) in [6.07, 6.45) is 4.36. The van der Waals surface area contributed by atoms with Crippen LogP contribution in [0.25, 0.3) is 0 Å². The molecule has 2 amide bonds. The van der Waals surface area contributed by atoms with Gasteiger partial charge in [-0.3, -0.25) is 4.98 Å². The Balaban J connectivity index is 2.47. The first-order valence-corrected chi connectivity index (χ1v) is 5.73. The predicted octanol–water partition coefficient (Wildman–Crippen LogP) is 2.19. The number of carbonyl (C=O) groups excluding carboxylic acids is 1. The molecule has 0 saturated heterocycles. The highest BCUT2D eigenvalue weighted by molar-refractivity contribution is 5.75. The van der Waals surface area contributed by atoms with Gasteiger partial charge in [-0.05, 0) is 38.0 Å². The van der Waals surface area contributed by atoms with Crippen molar-refractivity contribution in [3.63, 3.8) is 0 Å². The van der Waals surface area contributed by atoms with Crippen molar-refractivity contribution in [1.29, 1.82) is 0 Å². The van der Waals surface area contributed by atoms with Crippen molar-refractivity contribution >= 4 is 6.03 Å². The average Bonchev–Trinajstić information content (AvgIpc) is 2.30. The third-order valence-electron chi connectivity index (χ3n) is 2.41. The largest absolute Gasteiger partial charge is 0.324 e. The van der Waals surface area contributed by atoms with E-state index in [4.69, 9.17) is 0 Å². The van der Waals surface area contributed by atoms with Gasteiger partial charge >= 0.3 is 6.03 Å². The maximum Gasteiger partial charge on any atom is 0.321 e. The molecular weight excluding hydrogens is 214 g/mol. The van der Waals surface area contributed by atoms with Crippen LogP contribution in [-0.2, 0) is 6.42 Å². The summed E-state index contributed by atoms with van der Waals surface area (Å²) in [6, 6.07) is 3.84. The van der Waals surface area contributed by atoms with E-state index in [1.165, 1.54) is 5.56 Å². The van der Waals surface area contributed by atoms with Crippen LogP contribution in [0.3, 0.4) is 0 Å². The van der Waals surface area contributed by atoms with Crippen LogP contribution in [0, 0.1) is 0 Å². The van der Waals surface area contributed by atoms with Gasteiger partial charge in [0.1, 0.15) is 0 Å². The quantitative estimate of drug-likeness (QED) is 0.847. The molecule has 0 unspecified atom stereocenters. The first-order valence-electron chi connectivity index (χ1n) is 5.73. The minimum absolute atomic E-state index is 0.0888. The number of allylic oxidation sites excluding steroid dienone is 1. The minimum atomic E-state index is -0.0888. The second kappa shape index (κ2) is 6.68. The number of urea groups is 1. The second-order valence-corrected chi connectivity index (χ2v) is 3.90. The number of nitrogens with zero attached hydrogens (tertiary/aromatic N) is 2. The number of hydrogen-bond donors (Lipinski definition) is 1. The van der Waals surface area contributed by atoms with Gasteiger partial charge in [-0.1, -0.05) is 6.58 Å². The molecule has 0 radical (unpaired) electrons. The van der Waals surface area contributed by atoms with E-state index in [1.54, 1.807) is 24.2 Å². The first kappa shape index (κ1) is 13.2. The van der Waals surface area contributed by atoms with Crippen LogP contribution in [0.5, 0.6) is 0 Å². The Bertz CT molecular complexity index is 376. The highest BCUT2D eigenvalue weighted by Gasteiger charge is 2.10. The van der Waals surface area contributed by atoms with E-state index in [2.05, 4.69) is 16.9 Å². The van der Waals surface area contributed by atoms with Gasteiger partial charge in [0.25, 0.3) is 0 Å².